The van der Waals surface area contributed by atoms with E-state index in [0.717, 1.165) is 31.1 Å². The lowest BCUT2D eigenvalue weighted by atomic mass is 9.81. The van der Waals surface area contributed by atoms with Gasteiger partial charge in [0, 0.05) is 22.3 Å². The highest BCUT2D eigenvalue weighted by molar-refractivity contribution is 6.24. The van der Waals surface area contributed by atoms with E-state index < -0.39 is 5.60 Å². The lowest BCUT2D eigenvalue weighted by molar-refractivity contribution is -0.116. The van der Waals surface area contributed by atoms with E-state index in [0.29, 0.717) is 41.1 Å². The van der Waals surface area contributed by atoms with Crippen LogP contribution < -0.4 is 0 Å². The quantitative estimate of drug-likeness (QED) is 0.261. The van der Waals surface area contributed by atoms with E-state index in [4.69, 9.17) is 0 Å². The van der Waals surface area contributed by atoms with Crippen LogP contribution in [0.4, 0.5) is 0 Å². The molecular weight excluding hydrogens is 396 g/mol. The molecule has 0 spiro atoms. The molecule has 0 aromatic rings. The zero-order chi connectivity index (χ0) is 24.5. The van der Waals surface area contributed by atoms with Gasteiger partial charge in [0.2, 0.25) is 0 Å². The van der Waals surface area contributed by atoms with E-state index in [9.17, 15) is 14.7 Å². The Hall–Kier alpha value is -1.22. The minimum atomic E-state index is -0.800. The summed E-state index contributed by atoms with van der Waals surface area (Å²) in [5.41, 5.74) is 1.46. The predicted octanol–water partition coefficient (Wildman–Crippen LogP) is 7.76. The number of Topliss-reactive ketones (excluding diaryl/α,β-unsaturated/α-hetero) is 2. The van der Waals surface area contributed by atoms with Gasteiger partial charge < -0.3 is 5.11 Å². The summed E-state index contributed by atoms with van der Waals surface area (Å²) in [6, 6.07) is 0. The molecule has 0 amide bonds. The van der Waals surface area contributed by atoms with Gasteiger partial charge in [-0.1, -0.05) is 79.1 Å². The molecule has 1 rings (SSSR count). The van der Waals surface area contributed by atoms with Gasteiger partial charge >= 0.3 is 0 Å². The monoisotopic (exact) mass is 446 g/mol. The molecular formula is C29H50O3. The van der Waals surface area contributed by atoms with Crippen molar-refractivity contribution in [3.8, 4) is 0 Å². The van der Waals surface area contributed by atoms with Crippen LogP contribution in [0, 0.1) is 17.8 Å². The minimum absolute atomic E-state index is 0.0255. The molecule has 3 atom stereocenters. The van der Waals surface area contributed by atoms with Crippen LogP contribution in [0.1, 0.15) is 126 Å². The Labute approximate surface area is 198 Å². The van der Waals surface area contributed by atoms with Gasteiger partial charge in [0.25, 0.3) is 0 Å². The average Bonchev–Trinajstić information content (AvgIpc) is 2.70. The number of rotatable bonds is 15. The summed E-state index contributed by atoms with van der Waals surface area (Å²) >= 11 is 0. The Morgan fingerprint density at radius 2 is 1.16 bits per heavy atom. The number of aliphatic hydroxyl groups is 1. The van der Waals surface area contributed by atoms with E-state index >= 15 is 0 Å². The number of carbonyl (C=O) groups is 2. The zero-order valence-corrected chi connectivity index (χ0v) is 22.3. The summed E-state index contributed by atoms with van der Waals surface area (Å²) < 4.78 is 0. The van der Waals surface area contributed by atoms with Gasteiger partial charge in [0.05, 0.1) is 5.60 Å². The fraction of sp³-hybridized carbons (Fsp3) is 0.793. The number of ketones is 2. The first-order valence-electron chi connectivity index (χ1n) is 13.0. The van der Waals surface area contributed by atoms with Crippen LogP contribution in [-0.2, 0) is 9.59 Å². The van der Waals surface area contributed by atoms with E-state index in [2.05, 4.69) is 27.7 Å². The Morgan fingerprint density at radius 1 is 0.688 bits per heavy atom. The van der Waals surface area contributed by atoms with Gasteiger partial charge in [-0.05, 0) is 64.7 Å². The van der Waals surface area contributed by atoms with E-state index in [-0.39, 0.29) is 11.6 Å². The SMILES string of the molecule is CC1=C(C)C(=O)C(CC[C@@](C)(O)CCC[C@H](C)CCC[C@@H](C)CCCC(C)C)=C(C)C1=O. The summed E-state index contributed by atoms with van der Waals surface area (Å²) in [6.45, 7) is 16.4. The molecule has 0 heterocycles. The third kappa shape index (κ3) is 9.73. The molecule has 0 saturated carbocycles. The Kier molecular flexibility index (Phi) is 12.1. The smallest absolute Gasteiger partial charge is 0.185 e. The summed E-state index contributed by atoms with van der Waals surface area (Å²) in [4.78, 5) is 24.9. The standard InChI is InChI=1S/C29H50O3/c1-20(2)12-9-13-21(3)14-10-15-22(4)16-11-18-29(8,32)19-17-26-25(7)27(30)23(5)24(6)28(26)31/h20-22,32H,9-19H2,1-8H3/t21-,22+,29-/m0/s1. The van der Waals surface area contributed by atoms with Gasteiger partial charge in [-0.2, -0.15) is 0 Å². The largest absolute Gasteiger partial charge is 0.390 e. The second-order valence-electron chi connectivity index (χ2n) is 11.4. The van der Waals surface area contributed by atoms with Crippen LogP contribution in [0.2, 0.25) is 0 Å². The van der Waals surface area contributed by atoms with Crippen molar-refractivity contribution in [2.24, 2.45) is 17.8 Å². The van der Waals surface area contributed by atoms with E-state index in [1.165, 1.54) is 38.5 Å². The molecule has 3 heteroatoms. The first-order chi connectivity index (χ1) is 14.9. The summed E-state index contributed by atoms with van der Waals surface area (Å²) in [6.07, 6.45) is 11.8. The van der Waals surface area contributed by atoms with Crippen molar-refractivity contribution in [2.75, 3.05) is 0 Å². The lowest BCUT2D eigenvalue weighted by Gasteiger charge is -2.26. The Bertz CT molecular complexity index is 693. The molecule has 0 radical (unpaired) electrons. The van der Waals surface area contributed by atoms with Crippen molar-refractivity contribution < 1.29 is 14.7 Å². The van der Waals surface area contributed by atoms with Crippen LogP contribution in [0.3, 0.4) is 0 Å². The number of hydrogen-bond donors (Lipinski definition) is 1. The topological polar surface area (TPSA) is 54.4 Å². The average molecular weight is 447 g/mol. The van der Waals surface area contributed by atoms with Crippen LogP contribution in [0.15, 0.2) is 22.3 Å². The van der Waals surface area contributed by atoms with Crippen LogP contribution >= 0.6 is 0 Å². The van der Waals surface area contributed by atoms with Crippen LogP contribution in [0.25, 0.3) is 0 Å². The first-order valence-corrected chi connectivity index (χ1v) is 13.0. The molecule has 0 bridgehead atoms. The van der Waals surface area contributed by atoms with E-state index in [1.807, 2.05) is 6.92 Å². The van der Waals surface area contributed by atoms with Gasteiger partial charge in [-0.3, -0.25) is 9.59 Å². The van der Waals surface area contributed by atoms with Gasteiger partial charge in [0.1, 0.15) is 0 Å². The van der Waals surface area contributed by atoms with Crippen molar-refractivity contribution in [1.82, 2.24) is 0 Å². The zero-order valence-electron chi connectivity index (χ0n) is 22.3. The summed E-state index contributed by atoms with van der Waals surface area (Å²) in [5, 5.41) is 10.9. The molecule has 0 saturated heterocycles. The van der Waals surface area contributed by atoms with Crippen LogP contribution in [-0.4, -0.2) is 22.3 Å². The highest BCUT2D eigenvalue weighted by atomic mass is 16.3. The van der Waals surface area contributed by atoms with E-state index in [1.54, 1.807) is 20.8 Å². The van der Waals surface area contributed by atoms with Gasteiger partial charge in [0.15, 0.2) is 11.6 Å². The fourth-order valence-corrected chi connectivity index (χ4v) is 4.79. The molecule has 0 fully saturated rings. The van der Waals surface area contributed by atoms with Crippen molar-refractivity contribution >= 4 is 11.6 Å². The first kappa shape index (κ1) is 28.8. The van der Waals surface area contributed by atoms with Gasteiger partial charge in [-0.25, -0.2) is 0 Å². The number of hydrogen-bond acceptors (Lipinski definition) is 3. The second kappa shape index (κ2) is 13.5. The number of allylic oxidation sites excluding steroid dienone is 4. The Balaban J connectivity index is 2.32. The molecule has 1 aliphatic carbocycles. The summed E-state index contributed by atoms with van der Waals surface area (Å²) in [5.74, 6) is 2.28. The van der Waals surface area contributed by atoms with Gasteiger partial charge in [-0.15, -0.1) is 0 Å². The molecule has 0 aromatic carbocycles. The number of carbonyl (C=O) groups excluding carboxylic acids is 2. The maximum atomic E-state index is 12.6. The maximum absolute atomic E-state index is 12.6. The molecule has 3 nitrogen and oxygen atoms in total. The van der Waals surface area contributed by atoms with Crippen molar-refractivity contribution in [1.29, 1.82) is 0 Å². The highest BCUT2D eigenvalue weighted by Crippen LogP contribution is 2.31. The van der Waals surface area contributed by atoms with Crippen molar-refractivity contribution in [2.45, 2.75) is 132 Å². The molecule has 1 N–H and O–H groups in total. The van der Waals surface area contributed by atoms with Crippen molar-refractivity contribution in [3.63, 3.8) is 0 Å². The normalized spacial score (nSPS) is 19.1. The minimum Gasteiger partial charge on any atom is -0.390 e. The molecule has 0 aromatic heterocycles. The molecule has 0 aliphatic heterocycles. The molecule has 0 unspecified atom stereocenters. The van der Waals surface area contributed by atoms with Crippen molar-refractivity contribution in [3.05, 3.63) is 22.3 Å². The maximum Gasteiger partial charge on any atom is 0.185 e. The predicted molar refractivity (Wildman–Crippen MR) is 136 cm³/mol. The lowest BCUT2D eigenvalue weighted by Crippen LogP contribution is -2.27. The third-order valence-corrected chi connectivity index (χ3v) is 7.51. The molecule has 32 heavy (non-hydrogen) atoms. The van der Waals surface area contributed by atoms with Crippen LogP contribution in [0.5, 0.6) is 0 Å². The second-order valence-corrected chi connectivity index (χ2v) is 11.4. The summed E-state index contributed by atoms with van der Waals surface area (Å²) in [7, 11) is 0. The molecule has 1 aliphatic rings. The highest BCUT2D eigenvalue weighted by Gasteiger charge is 2.29. The molecule has 184 valence electrons. The fourth-order valence-electron chi connectivity index (χ4n) is 4.79. The Morgan fingerprint density at radius 3 is 1.69 bits per heavy atom. The third-order valence-electron chi connectivity index (χ3n) is 7.51.